The predicted molar refractivity (Wildman–Crippen MR) is 259 cm³/mol. The standard InChI is InChI=1S/C55H42BN2OS/c1-30-25-38-39(55(4,5)24-23-54(38,2)3)29-42(30)57-41-21-22-45-49(34-15-8-10-19-44(34)59-45)48(41)37-28-47-50(35-16-9-11-20-46(35)60-47)53-51(37)56-40-18-12-17-33-36-26-31-13-6-7-14-32(31)27-43(36)58(53)52(33)40/h6-22,25-29,57H,23-24H2,1-5H3. The lowest BCUT2D eigenvalue weighted by molar-refractivity contribution is 0.332. The number of furan rings is 1. The summed E-state index contributed by atoms with van der Waals surface area (Å²) in [6, 6.07) is 49.7. The first-order valence-electron chi connectivity index (χ1n) is 21.3. The summed E-state index contributed by atoms with van der Waals surface area (Å²) in [5, 5.41) is 14.0. The summed E-state index contributed by atoms with van der Waals surface area (Å²) >= 11 is 1.89. The van der Waals surface area contributed by atoms with E-state index in [1.807, 2.05) is 11.3 Å². The van der Waals surface area contributed by atoms with E-state index in [1.165, 1.54) is 110 Å². The number of hydrogen-bond acceptors (Lipinski definition) is 3. The molecule has 0 amide bonds. The number of fused-ring (bicyclic) bond motifs is 14. The first kappa shape index (κ1) is 34.6. The highest BCUT2D eigenvalue weighted by Crippen LogP contribution is 2.50. The molecule has 1 aliphatic carbocycles. The smallest absolute Gasteiger partial charge is 0.197 e. The number of anilines is 2. The average molecular weight is 790 g/mol. The lowest BCUT2D eigenvalue weighted by Crippen LogP contribution is -2.37. The molecular formula is C55H42BN2OS. The molecule has 287 valence electrons. The van der Waals surface area contributed by atoms with Crippen LogP contribution in [0.15, 0.2) is 138 Å². The van der Waals surface area contributed by atoms with Gasteiger partial charge >= 0.3 is 0 Å². The number of thiophene rings is 1. The van der Waals surface area contributed by atoms with Gasteiger partial charge in [0.15, 0.2) is 7.28 Å². The summed E-state index contributed by atoms with van der Waals surface area (Å²) in [6.45, 7) is 11.9. The normalized spacial score (nSPS) is 15.3. The first-order valence-corrected chi connectivity index (χ1v) is 22.1. The van der Waals surface area contributed by atoms with Crippen molar-refractivity contribution in [2.45, 2.75) is 58.3 Å². The highest BCUT2D eigenvalue weighted by Gasteiger charge is 2.38. The zero-order valence-corrected chi connectivity index (χ0v) is 35.3. The van der Waals surface area contributed by atoms with E-state index in [0.29, 0.717) is 0 Å². The number of nitrogens with zero attached hydrogens (tertiary/aromatic N) is 1. The van der Waals surface area contributed by atoms with Crippen LogP contribution < -0.4 is 16.2 Å². The third-order valence-electron chi connectivity index (χ3n) is 14.2. The second-order valence-corrected chi connectivity index (χ2v) is 19.7. The van der Waals surface area contributed by atoms with Crippen LogP contribution in [0.5, 0.6) is 0 Å². The van der Waals surface area contributed by atoms with Gasteiger partial charge in [-0.3, -0.25) is 0 Å². The summed E-state index contributed by atoms with van der Waals surface area (Å²) in [7, 11) is 2.47. The van der Waals surface area contributed by atoms with Crippen LogP contribution in [0.4, 0.5) is 11.4 Å². The quantitative estimate of drug-likeness (QED) is 0.181. The van der Waals surface area contributed by atoms with E-state index in [1.54, 1.807) is 0 Å². The van der Waals surface area contributed by atoms with Gasteiger partial charge in [-0.25, -0.2) is 0 Å². The van der Waals surface area contributed by atoms with Gasteiger partial charge in [-0.2, -0.15) is 0 Å². The number of benzene rings is 8. The molecule has 4 heterocycles. The third-order valence-corrected chi connectivity index (χ3v) is 15.3. The molecule has 13 rings (SSSR count). The summed E-state index contributed by atoms with van der Waals surface area (Å²) < 4.78 is 11.9. The van der Waals surface area contributed by atoms with Crippen LogP contribution in [-0.4, -0.2) is 11.8 Å². The highest BCUT2D eigenvalue weighted by molar-refractivity contribution is 7.26. The van der Waals surface area contributed by atoms with Crippen LogP contribution in [0.1, 0.15) is 57.2 Å². The van der Waals surface area contributed by atoms with Crippen LogP contribution in [0.3, 0.4) is 0 Å². The van der Waals surface area contributed by atoms with Crippen LogP contribution >= 0.6 is 11.3 Å². The molecule has 3 aromatic heterocycles. The van der Waals surface area contributed by atoms with Crippen molar-refractivity contribution in [3.63, 3.8) is 0 Å². The second-order valence-electron chi connectivity index (χ2n) is 18.7. The SMILES string of the molecule is Cc1cc2c(cc1Nc1ccc3oc4ccccc4c3c1-c1cc3sc4ccccc4c3c3c1[B]c1cccc4c5cc6ccccc6cc5n-3c14)C(C)(C)CCC2(C)C. The number of nitrogens with one attached hydrogen (secondary N) is 1. The molecule has 1 radical (unpaired) electrons. The largest absolute Gasteiger partial charge is 0.456 e. The molecule has 60 heavy (non-hydrogen) atoms. The fraction of sp³-hybridized carbons (Fsp3) is 0.164. The Morgan fingerprint density at radius 3 is 2.17 bits per heavy atom. The minimum absolute atomic E-state index is 0.0896. The number of aromatic nitrogens is 1. The first-order chi connectivity index (χ1) is 29.1. The molecule has 0 saturated carbocycles. The second kappa shape index (κ2) is 11.9. The van der Waals surface area contributed by atoms with Crippen molar-refractivity contribution < 1.29 is 4.42 Å². The molecule has 11 aromatic rings. The molecule has 5 heteroatoms. The number of aryl methyl sites for hydroxylation is 1. The van der Waals surface area contributed by atoms with E-state index in [4.69, 9.17) is 4.42 Å². The summed E-state index contributed by atoms with van der Waals surface area (Å²) in [6.07, 6.45) is 2.36. The van der Waals surface area contributed by atoms with Crippen molar-refractivity contribution >= 4 is 116 Å². The zero-order valence-electron chi connectivity index (χ0n) is 34.5. The fourth-order valence-electron chi connectivity index (χ4n) is 11.0. The van der Waals surface area contributed by atoms with Crippen LogP contribution in [0.2, 0.25) is 0 Å². The predicted octanol–water partition coefficient (Wildman–Crippen LogP) is 14.2. The third kappa shape index (κ3) is 4.67. The van der Waals surface area contributed by atoms with Gasteiger partial charge in [-0.1, -0.05) is 118 Å². The van der Waals surface area contributed by atoms with Gasteiger partial charge in [-0.15, -0.1) is 11.3 Å². The average Bonchev–Trinajstić information content (AvgIpc) is 3.92. The molecule has 8 aromatic carbocycles. The Hall–Kier alpha value is -6.30. The van der Waals surface area contributed by atoms with Crippen LogP contribution in [-0.2, 0) is 10.8 Å². The maximum Gasteiger partial charge on any atom is 0.197 e. The van der Waals surface area contributed by atoms with Crippen molar-refractivity contribution in [3.8, 4) is 16.8 Å². The maximum atomic E-state index is 6.70. The van der Waals surface area contributed by atoms with Gasteiger partial charge < -0.3 is 14.3 Å². The molecule has 1 aliphatic heterocycles. The van der Waals surface area contributed by atoms with Crippen LogP contribution in [0.25, 0.3) is 91.5 Å². The van der Waals surface area contributed by atoms with Crippen molar-refractivity contribution in [1.82, 2.24) is 4.57 Å². The molecular weight excluding hydrogens is 747 g/mol. The van der Waals surface area contributed by atoms with Crippen molar-refractivity contribution in [3.05, 3.63) is 150 Å². The lowest BCUT2D eigenvalue weighted by atomic mass is 9.58. The molecule has 0 unspecified atom stereocenters. The molecule has 0 spiro atoms. The molecule has 0 saturated heterocycles. The van der Waals surface area contributed by atoms with E-state index in [9.17, 15) is 0 Å². The summed E-state index contributed by atoms with van der Waals surface area (Å²) in [5.41, 5.74) is 17.0. The van der Waals surface area contributed by atoms with Crippen LogP contribution in [0, 0.1) is 6.92 Å². The number of rotatable bonds is 3. The Labute approximate surface area is 353 Å². The van der Waals surface area contributed by atoms with Gasteiger partial charge in [-0.05, 0) is 118 Å². The highest BCUT2D eigenvalue weighted by atomic mass is 32.1. The van der Waals surface area contributed by atoms with Crippen molar-refractivity contribution in [2.75, 3.05) is 5.32 Å². The Kier molecular flexibility index (Phi) is 6.87. The topological polar surface area (TPSA) is 30.1 Å². The van der Waals surface area contributed by atoms with E-state index < -0.39 is 0 Å². The molecule has 0 atom stereocenters. The Balaban J connectivity index is 1.17. The Morgan fingerprint density at radius 2 is 1.33 bits per heavy atom. The lowest BCUT2D eigenvalue weighted by Gasteiger charge is -2.42. The fourth-order valence-corrected chi connectivity index (χ4v) is 12.1. The molecule has 1 N–H and O–H groups in total. The zero-order chi connectivity index (χ0) is 40.2. The van der Waals surface area contributed by atoms with E-state index in [-0.39, 0.29) is 10.8 Å². The minimum Gasteiger partial charge on any atom is -0.456 e. The van der Waals surface area contributed by atoms with E-state index in [0.717, 1.165) is 33.3 Å². The summed E-state index contributed by atoms with van der Waals surface area (Å²) in [4.78, 5) is 0. The van der Waals surface area contributed by atoms with Gasteiger partial charge in [0.05, 0.1) is 11.2 Å². The Bertz CT molecular complexity index is 3690. The van der Waals surface area contributed by atoms with Gasteiger partial charge in [0.25, 0.3) is 0 Å². The molecule has 0 bridgehead atoms. The molecule has 0 fully saturated rings. The Morgan fingerprint density at radius 1 is 0.617 bits per heavy atom. The van der Waals surface area contributed by atoms with E-state index >= 15 is 0 Å². The molecule has 2 aliphatic rings. The minimum atomic E-state index is 0.0896. The summed E-state index contributed by atoms with van der Waals surface area (Å²) in [5.74, 6) is 0. The maximum absolute atomic E-state index is 6.70. The monoisotopic (exact) mass is 789 g/mol. The van der Waals surface area contributed by atoms with E-state index in [2.05, 4.69) is 185 Å². The van der Waals surface area contributed by atoms with Crippen molar-refractivity contribution in [2.24, 2.45) is 0 Å². The van der Waals surface area contributed by atoms with Gasteiger partial charge in [0, 0.05) is 64.2 Å². The van der Waals surface area contributed by atoms with Gasteiger partial charge in [0.1, 0.15) is 11.2 Å². The molecule has 3 nitrogen and oxygen atoms in total. The van der Waals surface area contributed by atoms with Gasteiger partial charge in [0.2, 0.25) is 0 Å². The van der Waals surface area contributed by atoms with Crippen molar-refractivity contribution in [1.29, 1.82) is 0 Å². The number of hydrogen-bond donors (Lipinski definition) is 1. The number of para-hydroxylation sites is 2.